The second-order valence-corrected chi connectivity index (χ2v) is 12.8. The highest BCUT2D eigenvalue weighted by molar-refractivity contribution is 7.92. The first kappa shape index (κ1) is 29.6. The number of carbonyl (C=O) groups is 2. The number of rotatable bonds is 11. The zero-order valence-electron chi connectivity index (χ0n) is 22.9. The van der Waals surface area contributed by atoms with Crippen molar-refractivity contribution in [3.63, 3.8) is 0 Å². The summed E-state index contributed by atoms with van der Waals surface area (Å²) in [6.45, 7) is 1.68. The van der Waals surface area contributed by atoms with Gasteiger partial charge in [-0.1, -0.05) is 84.6 Å². The summed E-state index contributed by atoms with van der Waals surface area (Å²) in [6.07, 6.45) is 5.31. The number of aryl methyl sites for hydroxylation is 1. The summed E-state index contributed by atoms with van der Waals surface area (Å²) in [5, 5.41) is 3.63. The normalized spacial score (nSPS) is 14.5. The Morgan fingerprint density at radius 3 is 2.23 bits per heavy atom. The van der Waals surface area contributed by atoms with Gasteiger partial charge in [0.1, 0.15) is 12.6 Å². The molecule has 1 aliphatic carbocycles. The molecular formula is C31H36ClN3O4S. The molecule has 4 rings (SSSR count). The molecule has 2 amide bonds. The van der Waals surface area contributed by atoms with E-state index in [-0.39, 0.29) is 18.5 Å². The first-order valence-electron chi connectivity index (χ1n) is 13.5. The molecule has 1 saturated carbocycles. The predicted octanol–water partition coefficient (Wildman–Crippen LogP) is 5.11. The Morgan fingerprint density at radius 2 is 1.60 bits per heavy atom. The fraction of sp³-hybridized carbons (Fsp3) is 0.355. The zero-order chi connectivity index (χ0) is 28.7. The number of sulfonamides is 1. The first-order chi connectivity index (χ1) is 19.1. The van der Waals surface area contributed by atoms with Crippen molar-refractivity contribution in [3.8, 4) is 0 Å². The van der Waals surface area contributed by atoms with Crippen LogP contribution in [-0.2, 0) is 32.6 Å². The molecule has 0 aromatic heterocycles. The van der Waals surface area contributed by atoms with Crippen LogP contribution in [0.4, 0.5) is 5.69 Å². The number of amides is 2. The van der Waals surface area contributed by atoms with Crippen LogP contribution in [0.15, 0.2) is 78.9 Å². The van der Waals surface area contributed by atoms with Crippen molar-refractivity contribution in [2.24, 2.45) is 0 Å². The Kier molecular flexibility index (Phi) is 9.87. The molecule has 0 spiro atoms. The van der Waals surface area contributed by atoms with E-state index in [0.717, 1.165) is 52.9 Å². The van der Waals surface area contributed by atoms with Gasteiger partial charge >= 0.3 is 0 Å². The van der Waals surface area contributed by atoms with Crippen molar-refractivity contribution in [2.75, 3.05) is 17.1 Å². The molecule has 0 saturated heterocycles. The molecule has 1 N–H and O–H groups in total. The number of halogens is 1. The van der Waals surface area contributed by atoms with Gasteiger partial charge in [-0.2, -0.15) is 0 Å². The number of nitrogens with one attached hydrogen (secondary N) is 1. The van der Waals surface area contributed by atoms with Crippen LogP contribution >= 0.6 is 11.6 Å². The van der Waals surface area contributed by atoms with Crippen LogP contribution in [0.25, 0.3) is 0 Å². The van der Waals surface area contributed by atoms with E-state index in [2.05, 4.69) is 5.32 Å². The van der Waals surface area contributed by atoms with E-state index < -0.39 is 28.5 Å². The second kappa shape index (κ2) is 13.3. The van der Waals surface area contributed by atoms with Gasteiger partial charge in [0.25, 0.3) is 0 Å². The largest absolute Gasteiger partial charge is 0.352 e. The number of hydrogen-bond acceptors (Lipinski definition) is 4. The summed E-state index contributed by atoms with van der Waals surface area (Å²) in [4.78, 5) is 29.5. The van der Waals surface area contributed by atoms with Crippen molar-refractivity contribution >= 4 is 39.1 Å². The summed E-state index contributed by atoms with van der Waals surface area (Å²) in [7, 11) is -3.82. The summed E-state index contributed by atoms with van der Waals surface area (Å²) >= 11 is 6.03. The minimum absolute atomic E-state index is 0.0725. The van der Waals surface area contributed by atoms with Gasteiger partial charge in [-0.3, -0.25) is 13.9 Å². The van der Waals surface area contributed by atoms with E-state index in [1.54, 1.807) is 24.3 Å². The number of nitrogens with zero attached hydrogens (tertiary/aromatic N) is 2. The molecule has 1 unspecified atom stereocenters. The summed E-state index contributed by atoms with van der Waals surface area (Å²) in [5.41, 5.74) is 3.12. The fourth-order valence-corrected chi connectivity index (χ4v) is 6.13. The topological polar surface area (TPSA) is 86.8 Å². The molecule has 0 bridgehead atoms. The number of hydrogen-bond donors (Lipinski definition) is 1. The van der Waals surface area contributed by atoms with Crippen LogP contribution in [0.2, 0.25) is 5.02 Å². The standard InChI is InChI=1S/C31H36ClN3O4S/c1-23-9-8-12-25(19-23)21-34(30(36)22-35(40(2,38)39)28-17-15-26(32)16-18-28)29(20-24-10-4-3-5-11-24)31(37)33-27-13-6-7-14-27/h3-5,8-12,15-19,27,29H,6-7,13-14,20-22H2,1-2H3,(H,33,37). The Hall–Kier alpha value is -3.36. The van der Waals surface area contributed by atoms with Crippen molar-refractivity contribution in [1.82, 2.24) is 10.2 Å². The van der Waals surface area contributed by atoms with E-state index in [1.165, 1.54) is 4.90 Å². The number of anilines is 1. The molecule has 3 aromatic rings. The monoisotopic (exact) mass is 581 g/mol. The molecule has 0 radical (unpaired) electrons. The van der Waals surface area contributed by atoms with E-state index in [4.69, 9.17) is 11.6 Å². The third-order valence-corrected chi connectivity index (χ3v) is 8.59. The van der Waals surface area contributed by atoms with E-state index >= 15 is 0 Å². The van der Waals surface area contributed by atoms with Crippen LogP contribution in [-0.4, -0.2) is 50.0 Å². The molecule has 9 heteroatoms. The molecule has 212 valence electrons. The highest BCUT2D eigenvalue weighted by atomic mass is 35.5. The molecule has 40 heavy (non-hydrogen) atoms. The van der Waals surface area contributed by atoms with Crippen LogP contribution in [0.1, 0.15) is 42.4 Å². The SMILES string of the molecule is Cc1cccc(CN(C(=O)CN(c2ccc(Cl)cc2)S(C)(=O)=O)C(Cc2ccccc2)C(=O)NC2CCCC2)c1. The molecule has 3 aromatic carbocycles. The van der Waals surface area contributed by atoms with Gasteiger partial charge in [-0.05, 0) is 55.2 Å². The van der Waals surface area contributed by atoms with Gasteiger partial charge in [0.2, 0.25) is 21.8 Å². The van der Waals surface area contributed by atoms with Gasteiger partial charge < -0.3 is 10.2 Å². The zero-order valence-corrected chi connectivity index (χ0v) is 24.5. The van der Waals surface area contributed by atoms with E-state index in [1.807, 2.05) is 61.5 Å². The Balaban J connectivity index is 1.72. The molecule has 1 fully saturated rings. The van der Waals surface area contributed by atoms with Crippen molar-refractivity contribution in [1.29, 1.82) is 0 Å². The predicted molar refractivity (Wildman–Crippen MR) is 160 cm³/mol. The maximum Gasteiger partial charge on any atom is 0.244 e. The van der Waals surface area contributed by atoms with Crippen LogP contribution in [0.5, 0.6) is 0 Å². The minimum Gasteiger partial charge on any atom is -0.352 e. The summed E-state index contributed by atoms with van der Waals surface area (Å²) in [5.74, 6) is -0.696. The molecule has 1 atom stereocenters. The average Bonchev–Trinajstić information content (AvgIpc) is 3.43. The second-order valence-electron chi connectivity index (χ2n) is 10.5. The van der Waals surface area contributed by atoms with E-state index in [0.29, 0.717) is 17.1 Å². The number of carbonyl (C=O) groups excluding carboxylic acids is 2. The van der Waals surface area contributed by atoms with Gasteiger partial charge in [0.15, 0.2) is 0 Å². The van der Waals surface area contributed by atoms with Crippen molar-refractivity contribution in [3.05, 3.63) is 101 Å². The summed E-state index contributed by atoms with van der Waals surface area (Å²) in [6, 6.07) is 22.9. The fourth-order valence-electron chi connectivity index (χ4n) is 5.15. The van der Waals surface area contributed by atoms with Gasteiger partial charge in [0.05, 0.1) is 11.9 Å². The number of benzene rings is 3. The minimum atomic E-state index is -3.82. The average molecular weight is 582 g/mol. The molecule has 7 nitrogen and oxygen atoms in total. The lowest BCUT2D eigenvalue weighted by Gasteiger charge is -2.34. The van der Waals surface area contributed by atoms with Crippen molar-refractivity contribution in [2.45, 2.75) is 57.7 Å². The Morgan fingerprint density at radius 1 is 0.950 bits per heavy atom. The quantitative estimate of drug-likeness (QED) is 0.341. The van der Waals surface area contributed by atoms with Crippen LogP contribution in [0.3, 0.4) is 0 Å². The van der Waals surface area contributed by atoms with Crippen molar-refractivity contribution < 1.29 is 18.0 Å². The Bertz CT molecular complexity index is 1410. The highest BCUT2D eigenvalue weighted by Gasteiger charge is 2.34. The molecule has 0 heterocycles. The maximum atomic E-state index is 14.1. The van der Waals surface area contributed by atoms with Gasteiger partial charge in [-0.15, -0.1) is 0 Å². The van der Waals surface area contributed by atoms with Gasteiger partial charge in [-0.25, -0.2) is 8.42 Å². The maximum absolute atomic E-state index is 14.1. The summed E-state index contributed by atoms with van der Waals surface area (Å²) < 4.78 is 26.8. The third kappa shape index (κ3) is 8.08. The lowest BCUT2D eigenvalue weighted by molar-refractivity contribution is -0.140. The first-order valence-corrected chi connectivity index (χ1v) is 15.8. The van der Waals surface area contributed by atoms with E-state index in [9.17, 15) is 18.0 Å². The lowest BCUT2D eigenvalue weighted by atomic mass is 10.0. The van der Waals surface area contributed by atoms with Crippen LogP contribution in [0, 0.1) is 6.92 Å². The smallest absolute Gasteiger partial charge is 0.244 e. The molecule has 0 aliphatic heterocycles. The lowest BCUT2D eigenvalue weighted by Crippen LogP contribution is -2.54. The van der Waals surface area contributed by atoms with Gasteiger partial charge in [0, 0.05) is 24.0 Å². The highest BCUT2D eigenvalue weighted by Crippen LogP contribution is 2.23. The molecular weight excluding hydrogens is 546 g/mol. The third-order valence-electron chi connectivity index (χ3n) is 7.20. The Labute approximate surface area is 242 Å². The molecule has 1 aliphatic rings. The van der Waals surface area contributed by atoms with Crippen LogP contribution < -0.4 is 9.62 Å².